The van der Waals surface area contributed by atoms with Gasteiger partial charge in [-0.3, -0.25) is 0 Å². The van der Waals surface area contributed by atoms with Gasteiger partial charge in [-0.15, -0.1) is 11.3 Å². The molecule has 0 aliphatic carbocycles. The normalized spacial score (nSPS) is 10.3. The lowest BCUT2D eigenvalue weighted by molar-refractivity contribution is 0.0600. The highest BCUT2D eigenvalue weighted by Crippen LogP contribution is 2.22. The van der Waals surface area contributed by atoms with Crippen LogP contribution in [-0.4, -0.2) is 13.1 Å². The Kier molecular flexibility index (Phi) is 4.55. The highest BCUT2D eigenvalue weighted by atomic mass is 79.9. The Balaban J connectivity index is 2.12. The fourth-order valence-corrected chi connectivity index (χ4v) is 2.75. The van der Waals surface area contributed by atoms with Crippen molar-refractivity contribution in [3.8, 4) is 0 Å². The largest absolute Gasteiger partial charge is 0.465 e. The summed E-state index contributed by atoms with van der Waals surface area (Å²) in [5.74, 6) is -0.886. The second-order valence-electron chi connectivity index (χ2n) is 3.80. The van der Waals surface area contributed by atoms with Gasteiger partial charge in [0, 0.05) is 6.54 Å². The Morgan fingerprint density at radius 3 is 2.89 bits per heavy atom. The van der Waals surface area contributed by atoms with Gasteiger partial charge in [-0.25, -0.2) is 9.18 Å². The third kappa shape index (κ3) is 3.54. The predicted molar refractivity (Wildman–Crippen MR) is 77.1 cm³/mol. The Bertz CT molecular complexity index is 600. The van der Waals surface area contributed by atoms with E-state index >= 15 is 0 Å². The smallest absolute Gasteiger partial charge is 0.337 e. The molecule has 6 heteroatoms. The number of hydrogen-bond donors (Lipinski definition) is 1. The molecular formula is C13H11BrFNO2S. The highest BCUT2D eigenvalue weighted by molar-refractivity contribution is 9.11. The number of anilines is 1. The molecule has 2 aromatic rings. The summed E-state index contributed by atoms with van der Waals surface area (Å²) in [5.41, 5.74) is 1.64. The monoisotopic (exact) mass is 343 g/mol. The van der Waals surface area contributed by atoms with Gasteiger partial charge in [-0.1, -0.05) is 0 Å². The van der Waals surface area contributed by atoms with Crippen LogP contribution in [0.4, 0.5) is 10.1 Å². The number of hydrogen-bond acceptors (Lipinski definition) is 4. The molecule has 1 heterocycles. The summed E-state index contributed by atoms with van der Waals surface area (Å²) in [4.78, 5) is 11.4. The lowest BCUT2D eigenvalue weighted by atomic mass is 10.2. The molecule has 1 N–H and O–H groups in total. The van der Waals surface area contributed by atoms with Gasteiger partial charge in [0.25, 0.3) is 0 Å². The van der Waals surface area contributed by atoms with Crippen LogP contribution in [0.2, 0.25) is 0 Å². The lowest BCUT2D eigenvalue weighted by Crippen LogP contribution is -2.05. The first-order chi connectivity index (χ1) is 9.10. The van der Waals surface area contributed by atoms with Gasteiger partial charge in [0.05, 0.1) is 22.1 Å². The van der Waals surface area contributed by atoms with Crippen molar-refractivity contribution in [3.05, 3.63) is 50.4 Å². The number of halogens is 2. The Labute approximate surface area is 122 Å². The minimum Gasteiger partial charge on any atom is -0.465 e. The second-order valence-corrected chi connectivity index (χ2v) is 6.09. The van der Waals surface area contributed by atoms with E-state index in [1.54, 1.807) is 11.3 Å². The number of benzene rings is 1. The minimum atomic E-state index is -0.485. The Morgan fingerprint density at radius 1 is 1.47 bits per heavy atom. The van der Waals surface area contributed by atoms with Crippen LogP contribution in [-0.2, 0) is 11.3 Å². The zero-order valence-corrected chi connectivity index (χ0v) is 12.5. The summed E-state index contributed by atoms with van der Waals surface area (Å²) in [7, 11) is 1.29. The van der Waals surface area contributed by atoms with E-state index in [-0.39, 0.29) is 5.69 Å². The van der Waals surface area contributed by atoms with Crippen molar-refractivity contribution in [2.75, 3.05) is 12.4 Å². The van der Waals surface area contributed by atoms with Gasteiger partial charge in [-0.05, 0) is 51.1 Å². The molecule has 3 nitrogen and oxygen atoms in total. The van der Waals surface area contributed by atoms with Gasteiger partial charge in [0.15, 0.2) is 0 Å². The molecule has 0 saturated heterocycles. The van der Waals surface area contributed by atoms with Crippen LogP contribution in [0, 0.1) is 5.82 Å². The zero-order valence-electron chi connectivity index (χ0n) is 10.1. The fraction of sp³-hybridized carbons (Fsp3) is 0.154. The summed E-state index contributed by atoms with van der Waals surface area (Å²) in [6, 6.07) is 6.05. The Hall–Kier alpha value is -1.40. The summed E-state index contributed by atoms with van der Waals surface area (Å²) in [5, 5.41) is 4.94. The average Bonchev–Trinajstić information content (AvgIpc) is 2.82. The van der Waals surface area contributed by atoms with Gasteiger partial charge < -0.3 is 10.1 Å². The topological polar surface area (TPSA) is 38.3 Å². The maximum absolute atomic E-state index is 13.6. The van der Waals surface area contributed by atoms with E-state index in [4.69, 9.17) is 0 Å². The second kappa shape index (κ2) is 6.16. The van der Waals surface area contributed by atoms with Crippen LogP contribution in [0.1, 0.15) is 15.9 Å². The van der Waals surface area contributed by atoms with Gasteiger partial charge in [0.1, 0.15) is 5.82 Å². The molecule has 0 saturated carbocycles. The maximum Gasteiger partial charge on any atom is 0.337 e. The van der Waals surface area contributed by atoms with E-state index in [1.165, 1.54) is 25.3 Å². The SMILES string of the molecule is COC(=O)c1ccc(F)c(NCc2csc(Br)c2)c1. The average molecular weight is 344 g/mol. The summed E-state index contributed by atoms with van der Waals surface area (Å²) >= 11 is 4.93. The molecular weight excluding hydrogens is 333 g/mol. The lowest BCUT2D eigenvalue weighted by Gasteiger charge is -2.08. The molecule has 0 amide bonds. The molecule has 0 fully saturated rings. The van der Waals surface area contributed by atoms with Gasteiger partial charge in [0.2, 0.25) is 0 Å². The molecule has 1 aromatic carbocycles. The number of rotatable bonds is 4. The molecule has 0 atom stereocenters. The molecule has 100 valence electrons. The van der Waals surface area contributed by atoms with Crippen LogP contribution >= 0.6 is 27.3 Å². The van der Waals surface area contributed by atoms with E-state index in [0.717, 1.165) is 9.35 Å². The van der Waals surface area contributed by atoms with Crippen molar-refractivity contribution in [3.63, 3.8) is 0 Å². The van der Waals surface area contributed by atoms with Crippen LogP contribution in [0.25, 0.3) is 0 Å². The first kappa shape index (κ1) is 14.0. The minimum absolute atomic E-state index is 0.283. The number of methoxy groups -OCH3 is 1. The van der Waals surface area contributed by atoms with E-state index in [1.807, 2.05) is 11.4 Å². The first-order valence-electron chi connectivity index (χ1n) is 5.45. The molecule has 0 radical (unpaired) electrons. The molecule has 0 aliphatic heterocycles. The highest BCUT2D eigenvalue weighted by Gasteiger charge is 2.09. The number of esters is 1. The molecule has 0 aliphatic rings. The predicted octanol–water partition coefficient (Wildman–Crippen LogP) is 4.05. The summed E-state index contributed by atoms with van der Waals surface area (Å²) < 4.78 is 19.2. The number of carbonyl (C=O) groups is 1. The first-order valence-corrected chi connectivity index (χ1v) is 7.12. The van der Waals surface area contributed by atoms with Crippen molar-refractivity contribution in [1.29, 1.82) is 0 Å². The quantitative estimate of drug-likeness (QED) is 0.851. The number of carbonyl (C=O) groups excluding carboxylic acids is 1. The van der Waals surface area contributed by atoms with E-state index in [0.29, 0.717) is 12.1 Å². The van der Waals surface area contributed by atoms with Crippen molar-refractivity contribution in [2.24, 2.45) is 0 Å². The zero-order chi connectivity index (χ0) is 13.8. The number of nitrogens with one attached hydrogen (secondary N) is 1. The molecule has 2 rings (SSSR count). The molecule has 19 heavy (non-hydrogen) atoms. The molecule has 0 unspecified atom stereocenters. The molecule has 0 spiro atoms. The van der Waals surface area contributed by atoms with Crippen LogP contribution in [0.15, 0.2) is 33.4 Å². The molecule has 0 bridgehead atoms. The van der Waals surface area contributed by atoms with E-state index in [9.17, 15) is 9.18 Å². The van der Waals surface area contributed by atoms with Crippen LogP contribution in [0.5, 0.6) is 0 Å². The third-order valence-electron chi connectivity index (χ3n) is 2.49. The number of ether oxygens (including phenoxy) is 1. The summed E-state index contributed by atoms with van der Waals surface area (Å²) in [6.45, 7) is 0.490. The Morgan fingerprint density at radius 2 is 2.26 bits per heavy atom. The van der Waals surface area contributed by atoms with Crippen molar-refractivity contribution >= 4 is 38.9 Å². The van der Waals surface area contributed by atoms with Crippen LogP contribution in [0.3, 0.4) is 0 Å². The van der Waals surface area contributed by atoms with Gasteiger partial charge >= 0.3 is 5.97 Å². The van der Waals surface area contributed by atoms with Crippen molar-refractivity contribution in [2.45, 2.75) is 6.54 Å². The number of thiophene rings is 1. The van der Waals surface area contributed by atoms with Gasteiger partial charge in [-0.2, -0.15) is 0 Å². The van der Waals surface area contributed by atoms with Crippen LogP contribution < -0.4 is 5.32 Å². The van der Waals surface area contributed by atoms with E-state index < -0.39 is 11.8 Å². The van der Waals surface area contributed by atoms with E-state index in [2.05, 4.69) is 26.0 Å². The summed E-state index contributed by atoms with van der Waals surface area (Å²) in [6.07, 6.45) is 0. The molecule has 1 aromatic heterocycles. The fourth-order valence-electron chi connectivity index (χ4n) is 1.54. The van der Waals surface area contributed by atoms with Crippen molar-refractivity contribution < 1.29 is 13.9 Å². The van der Waals surface area contributed by atoms with Crippen molar-refractivity contribution in [1.82, 2.24) is 0 Å². The maximum atomic E-state index is 13.6. The standard InChI is InChI=1S/C13H11BrFNO2S/c1-18-13(17)9-2-3-10(15)11(5-9)16-6-8-4-12(14)19-7-8/h2-5,7,16H,6H2,1H3. The third-order valence-corrected chi connectivity index (χ3v) is 4.05.